The first-order valence-corrected chi connectivity index (χ1v) is 8.46. The summed E-state index contributed by atoms with van der Waals surface area (Å²) in [4.78, 5) is 12.0. The molecule has 2 rings (SSSR count). The van der Waals surface area contributed by atoms with Crippen molar-refractivity contribution in [2.24, 2.45) is 5.14 Å². The lowest BCUT2D eigenvalue weighted by molar-refractivity contribution is 0.0920. The predicted molar refractivity (Wildman–Crippen MR) is 80.9 cm³/mol. The summed E-state index contributed by atoms with van der Waals surface area (Å²) in [5.41, 5.74) is 0.340. The lowest BCUT2D eigenvalue weighted by Crippen LogP contribution is -2.51. The van der Waals surface area contributed by atoms with Crippen molar-refractivity contribution in [1.29, 1.82) is 0 Å². The summed E-state index contributed by atoms with van der Waals surface area (Å²) in [6.07, 6.45) is 1.94. The van der Waals surface area contributed by atoms with Crippen molar-refractivity contribution < 1.29 is 13.2 Å². The molecular formula is C11H18ClN3O3S2. The van der Waals surface area contributed by atoms with Gasteiger partial charge < -0.3 is 10.6 Å². The van der Waals surface area contributed by atoms with Crippen LogP contribution in [0.3, 0.4) is 0 Å². The number of thiophene rings is 1. The number of nitrogens with two attached hydrogens (primary N) is 1. The van der Waals surface area contributed by atoms with Gasteiger partial charge in [-0.05, 0) is 32.4 Å². The fraction of sp³-hybridized carbons (Fsp3) is 0.545. The number of primary sulfonamides is 1. The van der Waals surface area contributed by atoms with Crippen LogP contribution in [0.2, 0.25) is 0 Å². The third-order valence-corrected chi connectivity index (χ3v) is 5.58. The Morgan fingerprint density at radius 3 is 2.80 bits per heavy atom. The molecule has 4 N–H and O–H groups in total. The number of nitrogens with one attached hydrogen (secondary N) is 2. The standard InChI is InChI=1S/C11H17N3O3S2.ClH/c1-7-9(3-2-4-13-7)14-11(15)8-5-10(18-6-8)19(12,16)17;/h5-7,9,13H,2-4H2,1H3,(H,14,15)(H2,12,16,17);1H. The first kappa shape index (κ1) is 17.4. The number of halogens is 1. The Morgan fingerprint density at radius 2 is 2.25 bits per heavy atom. The van der Waals surface area contributed by atoms with Gasteiger partial charge in [-0.25, -0.2) is 13.6 Å². The Hall–Kier alpha value is -0.670. The smallest absolute Gasteiger partial charge is 0.252 e. The van der Waals surface area contributed by atoms with Crippen molar-refractivity contribution in [1.82, 2.24) is 10.6 Å². The van der Waals surface area contributed by atoms with Crippen LogP contribution in [0, 0.1) is 0 Å². The van der Waals surface area contributed by atoms with Crippen LogP contribution < -0.4 is 15.8 Å². The summed E-state index contributed by atoms with van der Waals surface area (Å²) in [5, 5.41) is 12.7. The zero-order valence-electron chi connectivity index (χ0n) is 11.0. The minimum absolute atomic E-state index is 0. The third kappa shape index (κ3) is 4.16. The van der Waals surface area contributed by atoms with Gasteiger partial charge in [0.2, 0.25) is 10.0 Å². The second kappa shape index (κ2) is 6.86. The molecule has 1 aliphatic heterocycles. The summed E-state index contributed by atoms with van der Waals surface area (Å²) >= 11 is 0.958. The highest BCUT2D eigenvalue weighted by Gasteiger charge is 2.23. The predicted octanol–water partition coefficient (Wildman–Crippen LogP) is 0.688. The number of carbonyl (C=O) groups excluding carboxylic acids is 1. The average molecular weight is 340 g/mol. The van der Waals surface area contributed by atoms with Crippen molar-refractivity contribution >= 4 is 39.7 Å². The summed E-state index contributed by atoms with van der Waals surface area (Å²) < 4.78 is 22.3. The molecule has 1 aromatic heterocycles. The largest absolute Gasteiger partial charge is 0.348 e. The van der Waals surface area contributed by atoms with Gasteiger partial charge in [0.15, 0.2) is 0 Å². The van der Waals surface area contributed by atoms with E-state index in [1.165, 1.54) is 11.4 Å². The van der Waals surface area contributed by atoms with Gasteiger partial charge in [-0.3, -0.25) is 4.79 Å². The number of piperidine rings is 1. The van der Waals surface area contributed by atoms with Crippen molar-refractivity contribution in [2.75, 3.05) is 6.54 Å². The minimum atomic E-state index is -3.73. The maximum atomic E-state index is 12.0. The summed E-state index contributed by atoms with van der Waals surface area (Å²) in [6.45, 7) is 2.98. The lowest BCUT2D eigenvalue weighted by Gasteiger charge is -2.30. The van der Waals surface area contributed by atoms with Gasteiger partial charge in [-0.2, -0.15) is 0 Å². The van der Waals surface area contributed by atoms with Gasteiger partial charge >= 0.3 is 0 Å². The Kier molecular flexibility index (Phi) is 5.96. The van der Waals surface area contributed by atoms with Crippen LogP contribution in [0.5, 0.6) is 0 Å². The van der Waals surface area contributed by atoms with E-state index < -0.39 is 10.0 Å². The van der Waals surface area contributed by atoms with Crippen LogP contribution in [-0.2, 0) is 10.0 Å². The zero-order chi connectivity index (χ0) is 14.0. The number of sulfonamides is 1. The molecule has 0 saturated carbocycles. The van der Waals surface area contributed by atoms with E-state index in [-0.39, 0.29) is 34.6 Å². The Balaban J connectivity index is 0.00000200. The average Bonchev–Trinajstić information content (AvgIpc) is 2.81. The summed E-state index contributed by atoms with van der Waals surface area (Å²) in [5.74, 6) is -0.258. The van der Waals surface area contributed by atoms with Gasteiger partial charge in [0.25, 0.3) is 5.91 Å². The third-order valence-electron chi connectivity index (χ3n) is 3.20. The van der Waals surface area contributed by atoms with Crippen molar-refractivity contribution in [3.63, 3.8) is 0 Å². The number of hydrogen-bond donors (Lipinski definition) is 3. The molecular weight excluding hydrogens is 322 g/mol. The van der Waals surface area contributed by atoms with Crippen LogP contribution in [0.25, 0.3) is 0 Å². The van der Waals surface area contributed by atoms with E-state index in [1.807, 2.05) is 6.92 Å². The van der Waals surface area contributed by atoms with Crippen molar-refractivity contribution in [3.8, 4) is 0 Å². The first-order valence-electron chi connectivity index (χ1n) is 6.03. The van der Waals surface area contributed by atoms with Crippen molar-refractivity contribution in [3.05, 3.63) is 17.0 Å². The van der Waals surface area contributed by atoms with E-state index >= 15 is 0 Å². The molecule has 0 radical (unpaired) electrons. The van der Waals surface area contributed by atoms with Gasteiger partial charge in [-0.1, -0.05) is 0 Å². The van der Waals surface area contributed by atoms with Gasteiger partial charge in [-0.15, -0.1) is 23.7 Å². The van der Waals surface area contributed by atoms with E-state index in [1.54, 1.807) is 0 Å². The van der Waals surface area contributed by atoms with E-state index in [9.17, 15) is 13.2 Å². The first-order chi connectivity index (χ1) is 8.88. The van der Waals surface area contributed by atoms with Gasteiger partial charge in [0.1, 0.15) is 4.21 Å². The molecule has 1 aliphatic rings. The maximum absolute atomic E-state index is 12.0. The molecule has 6 nitrogen and oxygen atoms in total. The topological polar surface area (TPSA) is 101 Å². The lowest BCUT2D eigenvalue weighted by atomic mass is 9.99. The SMILES string of the molecule is CC1NCCCC1NC(=O)c1csc(S(N)(=O)=O)c1.Cl. The number of amides is 1. The monoisotopic (exact) mass is 339 g/mol. The van der Waals surface area contributed by atoms with Gasteiger partial charge in [0, 0.05) is 17.5 Å². The minimum Gasteiger partial charge on any atom is -0.348 e. The molecule has 1 amide bonds. The second-order valence-corrected chi connectivity index (χ2v) is 7.36. The van der Waals surface area contributed by atoms with Gasteiger partial charge in [0.05, 0.1) is 5.56 Å². The molecule has 2 heterocycles. The van der Waals surface area contributed by atoms with Crippen LogP contribution in [0.15, 0.2) is 15.7 Å². The maximum Gasteiger partial charge on any atom is 0.252 e. The molecule has 2 atom stereocenters. The second-order valence-electron chi connectivity index (χ2n) is 4.66. The summed E-state index contributed by atoms with van der Waals surface area (Å²) in [6, 6.07) is 1.60. The van der Waals surface area contributed by atoms with Crippen LogP contribution in [-0.4, -0.2) is 33.0 Å². The van der Waals surface area contributed by atoms with E-state index in [0.29, 0.717) is 5.56 Å². The van der Waals surface area contributed by atoms with E-state index in [0.717, 1.165) is 30.7 Å². The quantitative estimate of drug-likeness (QED) is 0.754. The molecule has 2 unspecified atom stereocenters. The van der Waals surface area contributed by atoms with Crippen LogP contribution in [0.1, 0.15) is 30.1 Å². The van der Waals surface area contributed by atoms with E-state index in [4.69, 9.17) is 5.14 Å². The molecule has 0 spiro atoms. The Labute approximate surface area is 128 Å². The molecule has 0 bridgehead atoms. The molecule has 9 heteroatoms. The number of hydrogen-bond acceptors (Lipinski definition) is 5. The zero-order valence-corrected chi connectivity index (χ0v) is 13.4. The molecule has 1 aromatic rings. The van der Waals surface area contributed by atoms with Crippen molar-refractivity contribution in [2.45, 2.75) is 36.1 Å². The highest BCUT2D eigenvalue weighted by atomic mass is 35.5. The fourth-order valence-electron chi connectivity index (χ4n) is 2.08. The fourth-order valence-corrected chi connectivity index (χ4v) is 3.66. The van der Waals surface area contributed by atoms with E-state index in [2.05, 4.69) is 10.6 Å². The summed E-state index contributed by atoms with van der Waals surface area (Å²) in [7, 11) is -3.73. The Morgan fingerprint density at radius 1 is 1.55 bits per heavy atom. The molecule has 1 saturated heterocycles. The van der Waals surface area contributed by atoms with Crippen LogP contribution >= 0.6 is 23.7 Å². The number of carbonyl (C=O) groups is 1. The Bertz CT molecular complexity index is 573. The molecule has 20 heavy (non-hydrogen) atoms. The normalized spacial score (nSPS) is 22.9. The molecule has 1 fully saturated rings. The number of rotatable bonds is 3. The molecule has 0 aliphatic carbocycles. The molecule has 0 aromatic carbocycles. The highest BCUT2D eigenvalue weighted by Crippen LogP contribution is 2.19. The van der Waals surface area contributed by atoms with Crippen LogP contribution in [0.4, 0.5) is 0 Å². The molecule has 114 valence electrons. The highest BCUT2D eigenvalue weighted by molar-refractivity contribution is 7.91.